The van der Waals surface area contributed by atoms with Gasteiger partial charge in [-0.1, -0.05) is 48.5 Å². The number of ether oxygens (including phenoxy) is 1. The summed E-state index contributed by atoms with van der Waals surface area (Å²) in [6.45, 7) is 0.374. The Kier molecular flexibility index (Phi) is 6.50. The molecular weight excluding hydrogens is 466 g/mol. The molecule has 1 atom stereocenters. The molecule has 9 heteroatoms. The summed E-state index contributed by atoms with van der Waals surface area (Å²) in [6, 6.07) is 16.0. The Morgan fingerprint density at radius 3 is 2.31 bits per heavy atom. The fourth-order valence-corrected chi connectivity index (χ4v) is 5.27. The monoisotopic (exact) mass is 491 g/mol. The highest BCUT2D eigenvalue weighted by atomic mass is 32.1. The van der Waals surface area contributed by atoms with Gasteiger partial charge >= 0.3 is 12.1 Å². The third kappa shape index (κ3) is 5.19. The topological polar surface area (TPSA) is 118 Å². The Morgan fingerprint density at radius 1 is 1.06 bits per heavy atom. The number of alkyl carbamates (subject to hydrolysis) is 1. The molecule has 0 radical (unpaired) electrons. The first-order valence-corrected chi connectivity index (χ1v) is 12.4. The van der Waals surface area contributed by atoms with Gasteiger partial charge in [0.25, 0.3) is 0 Å². The maximum Gasteiger partial charge on any atom is 0.407 e. The van der Waals surface area contributed by atoms with Crippen LogP contribution < -0.4 is 10.6 Å². The smallest absolute Gasteiger partial charge is 0.407 e. The van der Waals surface area contributed by atoms with Crippen LogP contribution in [0.15, 0.2) is 53.9 Å². The highest BCUT2D eigenvalue weighted by Crippen LogP contribution is 2.44. The Labute approximate surface area is 206 Å². The van der Waals surface area contributed by atoms with Gasteiger partial charge in [0, 0.05) is 23.8 Å². The fraction of sp³-hybridized carbons (Fsp3) is 0.308. The Bertz CT molecular complexity index is 1220. The Hall–Kier alpha value is -3.72. The van der Waals surface area contributed by atoms with Crippen molar-refractivity contribution in [2.24, 2.45) is 5.92 Å². The maximum atomic E-state index is 12.7. The number of hydrogen-bond acceptors (Lipinski definition) is 6. The van der Waals surface area contributed by atoms with E-state index in [1.165, 1.54) is 27.8 Å². The molecule has 8 nitrogen and oxygen atoms in total. The first kappa shape index (κ1) is 23.0. The lowest BCUT2D eigenvalue weighted by atomic mass is 9.98. The number of carboxylic acid groups (broad SMARTS) is 1. The third-order valence-corrected chi connectivity index (χ3v) is 7.30. The van der Waals surface area contributed by atoms with Crippen molar-refractivity contribution in [2.75, 3.05) is 6.61 Å². The molecule has 180 valence electrons. The predicted octanol–water partition coefficient (Wildman–Crippen LogP) is 4.16. The normalized spacial score (nSPS) is 15.1. The second kappa shape index (κ2) is 9.87. The van der Waals surface area contributed by atoms with Crippen LogP contribution in [-0.4, -0.2) is 40.7 Å². The van der Waals surface area contributed by atoms with Gasteiger partial charge in [-0.3, -0.25) is 4.79 Å². The number of fused-ring (bicyclic) bond motifs is 3. The van der Waals surface area contributed by atoms with Crippen molar-refractivity contribution >= 4 is 29.3 Å². The van der Waals surface area contributed by atoms with E-state index >= 15 is 0 Å². The molecule has 1 aromatic heterocycles. The van der Waals surface area contributed by atoms with Gasteiger partial charge in [0.1, 0.15) is 11.6 Å². The Morgan fingerprint density at radius 2 is 1.71 bits per heavy atom. The lowest BCUT2D eigenvalue weighted by Gasteiger charge is -2.19. The van der Waals surface area contributed by atoms with E-state index in [0.29, 0.717) is 5.01 Å². The van der Waals surface area contributed by atoms with Crippen molar-refractivity contribution in [1.82, 2.24) is 15.6 Å². The van der Waals surface area contributed by atoms with Crippen LogP contribution in [0.4, 0.5) is 4.79 Å². The molecule has 0 saturated heterocycles. The van der Waals surface area contributed by atoms with E-state index in [9.17, 15) is 14.4 Å². The highest BCUT2D eigenvalue weighted by molar-refractivity contribution is 7.09. The number of nitrogens with zero attached hydrogens (tertiary/aromatic N) is 1. The summed E-state index contributed by atoms with van der Waals surface area (Å²) in [4.78, 5) is 40.1. The standard InChI is InChI=1S/C26H25N3O5S/c30-23(27-12-24-28-22(14-35-24)25(31)32)11-21(15-9-10-15)29-26(33)34-13-20-18-7-3-1-5-16(18)17-6-2-4-8-19(17)20/h1-8,14-15,20-21H,9-13H2,(H,27,30)(H,29,33)(H,31,32). The quantitative estimate of drug-likeness (QED) is 0.414. The van der Waals surface area contributed by atoms with Crippen LogP contribution >= 0.6 is 11.3 Å². The average Bonchev–Trinajstić information content (AvgIpc) is 3.51. The van der Waals surface area contributed by atoms with Crippen molar-refractivity contribution in [3.8, 4) is 11.1 Å². The first-order chi connectivity index (χ1) is 17.0. The second-order valence-corrected chi connectivity index (χ2v) is 9.77. The van der Waals surface area contributed by atoms with Crippen molar-refractivity contribution in [3.63, 3.8) is 0 Å². The van der Waals surface area contributed by atoms with Gasteiger partial charge in [0.05, 0.1) is 6.54 Å². The molecule has 2 aliphatic rings. The number of aromatic nitrogens is 1. The Balaban J connectivity index is 1.15. The molecule has 1 unspecified atom stereocenters. The molecular formula is C26H25N3O5S. The van der Waals surface area contributed by atoms with Crippen LogP contribution in [-0.2, 0) is 16.1 Å². The molecule has 35 heavy (non-hydrogen) atoms. The summed E-state index contributed by atoms with van der Waals surface area (Å²) in [5.74, 6) is -1.10. The molecule has 3 N–H and O–H groups in total. The number of carbonyl (C=O) groups excluding carboxylic acids is 2. The van der Waals surface area contributed by atoms with Gasteiger partial charge in [-0.15, -0.1) is 11.3 Å². The van der Waals surface area contributed by atoms with Crippen LogP contribution in [0.25, 0.3) is 11.1 Å². The molecule has 2 amide bonds. The van der Waals surface area contributed by atoms with Crippen LogP contribution in [0, 0.1) is 5.92 Å². The number of carbonyl (C=O) groups is 3. The fourth-order valence-electron chi connectivity index (χ4n) is 4.56. The molecule has 1 heterocycles. The van der Waals surface area contributed by atoms with Gasteiger partial charge in [0.15, 0.2) is 5.69 Å². The minimum absolute atomic E-state index is 0.0233. The molecule has 0 aliphatic heterocycles. The lowest BCUT2D eigenvalue weighted by Crippen LogP contribution is -2.41. The van der Waals surface area contributed by atoms with Gasteiger partial charge in [-0.2, -0.15) is 0 Å². The van der Waals surface area contributed by atoms with Crippen molar-refractivity contribution in [1.29, 1.82) is 0 Å². The van der Waals surface area contributed by atoms with Gasteiger partial charge in [-0.05, 0) is 41.0 Å². The number of rotatable bonds is 9. The maximum absolute atomic E-state index is 12.7. The number of nitrogens with one attached hydrogen (secondary N) is 2. The highest BCUT2D eigenvalue weighted by Gasteiger charge is 2.35. The summed E-state index contributed by atoms with van der Waals surface area (Å²) in [5.41, 5.74) is 4.59. The third-order valence-electron chi connectivity index (χ3n) is 6.45. The molecule has 1 saturated carbocycles. The SMILES string of the molecule is O=C(CC(NC(=O)OCC1c2ccccc2-c2ccccc21)C1CC1)NCc1nc(C(=O)O)cs1. The van der Waals surface area contributed by atoms with E-state index in [1.54, 1.807) is 0 Å². The van der Waals surface area contributed by atoms with E-state index in [1.807, 2.05) is 24.3 Å². The lowest BCUT2D eigenvalue weighted by molar-refractivity contribution is -0.121. The van der Waals surface area contributed by atoms with Crippen molar-refractivity contribution < 1.29 is 24.2 Å². The molecule has 2 aromatic carbocycles. The zero-order chi connectivity index (χ0) is 24.4. The molecule has 3 aromatic rings. The number of hydrogen-bond donors (Lipinski definition) is 3. The minimum atomic E-state index is -1.10. The van der Waals surface area contributed by atoms with Crippen molar-refractivity contribution in [3.05, 3.63) is 75.7 Å². The molecule has 0 spiro atoms. The zero-order valence-electron chi connectivity index (χ0n) is 18.9. The van der Waals surface area contributed by atoms with E-state index < -0.39 is 12.1 Å². The number of carboxylic acids is 1. The van der Waals surface area contributed by atoms with Gasteiger partial charge in [-0.25, -0.2) is 14.6 Å². The molecule has 1 fully saturated rings. The zero-order valence-corrected chi connectivity index (χ0v) is 19.7. The minimum Gasteiger partial charge on any atom is -0.476 e. The van der Waals surface area contributed by atoms with Crippen LogP contribution in [0.1, 0.15) is 51.8 Å². The van der Waals surface area contributed by atoms with Gasteiger partial charge in [0.2, 0.25) is 5.91 Å². The van der Waals surface area contributed by atoms with E-state index in [-0.39, 0.29) is 49.1 Å². The number of amides is 2. The van der Waals surface area contributed by atoms with Crippen LogP contribution in [0.3, 0.4) is 0 Å². The number of thiazole rings is 1. The summed E-state index contributed by atoms with van der Waals surface area (Å²) in [7, 11) is 0. The summed E-state index contributed by atoms with van der Waals surface area (Å²) < 4.78 is 5.64. The number of aromatic carboxylic acids is 1. The second-order valence-electron chi connectivity index (χ2n) is 8.83. The van der Waals surface area contributed by atoms with E-state index in [2.05, 4.69) is 39.9 Å². The summed E-state index contributed by atoms with van der Waals surface area (Å²) in [6.07, 6.45) is 1.51. The van der Waals surface area contributed by atoms with Crippen LogP contribution in [0.2, 0.25) is 0 Å². The number of benzene rings is 2. The van der Waals surface area contributed by atoms with Crippen molar-refractivity contribution in [2.45, 2.75) is 37.8 Å². The largest absolute Gasteiger partial charge is 0.476 e. The molecule has 0 bridgehead atoms. The predicted molar refractivity (Wildman–Crippen MR) is 130 cm³/mol. The summed E-state index contributed by atoms with van der Waals surface area (Å²) >= 11 is 1.18. The molecule has 2 aliphatic carbocycles. The van der Waals surface area contributed by atoms with Gasteiger partial charge < -0.3 is 20.5 Å². The first-order valence-electron chi connectivity index (χ1n) is 11.6. The van der Waals surface area contributed by atoms with E-state index in [4.69, 9.17) is 9.84 Å². The average molecular weight is 492 g/mol. The van der Waals surface area contributed by atoms with E-state index in [0.717, 1.165) is 24.0 Å². The molecule has 5 rings (SSSR count). The summed E-state index contributed by atoms with van der Waals surface area (Å²) in [5, 5.41) is 16.6. The van der Waals surface area contributed by atoms with Crippen LogP contribution in [0.5, 0.6) is 0 Å².